The lowest BCUT2D eigenvalue weighted by atomic mass is 9.96. The smallest absolute Gasteiger partial charge is 0.335 e. The topological polar surface area (TPSA) is 411 Å². The number of esters is 2. The molecule has 0 aliphatic carbocycles. The van der Waals surface area contributed by atoms with Crippen LogP contribution in [0.5, 0.6) is 34.5 Å². The van der Waals surface area contributed by atoms with Crippen molar-refractivity contribution >= 4 is 141 Å². The first kappa shape index (κ1) is 97.9. The third-order valence-electron chi connectivity index (χ3n) is 25.9. The Balaban J connectivity index is 0.000000178. The maximum absolute atomic E-state index is 14.1. The van der Waals surface area contributed by atoms with Gasteiger partial charge in [-0.2, -0.15) is 0 Å². The van der Waals surface area contributed by atoms with E-state index in [2.05, 4.69) is 25.1 Å². The van der Waals surface area contributed by atoms with Gasteiger partial charge in [0.1, 0.15) is 37.9 Å². The SMILES string of the molecule is COC(=O)CCCC(=O)[C@H](C)NC(=O)[C@H](C)CC(=O)c1cc(COc2cc3c(cc2C)C(=O)N2c4ccccc4C[C@H]2C=N3)cc(COc2cc3c(cc2OC)C(=O)N2c4ccccc4C[C@H]2C=N3)c1.COC(=O)CCCC(=O)[C@H](C)NC(=O)[C@H](C)N.COc1cc2c(cc1OCc1cc(COc3cc4c(cc3C)C(=O)N3c5ccccc5C[C@H]3C=N4)cc(C(=O)O)c1)N=C[C@@H]1Cc3ccccc3N1C2=O. The van der Waals surface area contributed by atoms with Crippen LogP contribution < -0.4 is 64.4 Å². The number of hydrogen-bond acceptors (Lipinski definition) is 25. The Morgan fingerprint density at radius 2 is 0.695 bits per heavy atom. The van der Waals surface area contributed by atoms with Crippen molar-refractivity contribution in [2.45, 2.75) is 181 Å². The number of hydrogen-bond donors (Lipinski definition) is 4. The van der Waals surface area contributed by atoms with Crippen LogP contribution >= 0.6 is 0 Å². The maximum Gasteiger partial charge on any atom is 0.335 e. The Hall–Kier alpha value is -16.1. The van der Waals surface area contributed by atoms with Gasteiger partial charge in [-0.15, -0.1) is 0 Å². The van der Waals surface area contributed by atoms with Crippen LogP contribution in [0, 0.1) is 19.8 Å². The molecule has 0 bridgehead atoms. The monoisotopic (exact) mass is 1910 g/mol. The molecular weight excluding hydrogens is 1800 g/mol. The first-order chi connectivity index (χ1) is 67.9. The van der Waals surface area contributed by atoms with Crippen LogP contribution in [0.3, 0.4) is 0 Å². The molecule has 6 amide bonds. The van der Waals surface area contributed by atoms with Crippen molar-refractivity contribution < 1.29 is 101 Å². The summed E-state index contributed by atoms with van der Waals surface area (Å²) in [6.07, 6.45) is 11.1. The molecule has 5 N–H and O–H groups in total. The molecule has 724 valence electrons. The third kappa shape index (κ3) is 21.6. The van der Waals surface area contributed by atoms with E-state index >= 15 is 0 Å². The second-order valence-electron chi connectivity index (χ2n) is 35.8. The van der Waals surface area contributed by atoms with E-state index in [1.165, 1.54) is 28.4 Å². The largest absolute Gasteiger partial charge is 0.493 e. The molecule has 0 radical (unpaired) electrons. The van der Waals surface area contributed by atoms with Crippen molar-refractivity contribution in [3.63, 3.8) is 0 Å². The highest BCUT2D eigenvalue weighted by atomic mass is 16.5. The number of methoxy groups -OCH3 is 4. The predicted molar refractivity (Wildman–Crippen MR) is 530 cm³/mol. The number of carboxylic acids is 1. The number of benzene rings is 10. The van der Waals surface area contributed by atoms with Gasteiger partial charge in [0.15, 0.2) is 40.3 Å². The van der Waals surface area contributed by atoms with Crippen molar-refractivity contribution in [1.29, 1.82) is 0 Å². The molecule has 0 aromatic heterocycles. The number of ether oxygens (including phenoxy) is 8. The molecular formula is C109H107N11O21. The van der Waals surface area contributed by atoms with Crippen LogP contribution in [0.4, 0.5) is 45.5 Å². The molecule has 0 saturated carbocycles. The van der Waals surface area contributed by atoms with Gasteiger partial charge in [0, 0.05) is 141 Å². The van der Waals surface area contributed by atoms with Gasteiger partial charge in [0.25, 0.3) is 23.6 Å². The molecule has 10 aromatic carbocycles. The summed E-state index contributed by atoms with van der Waals surface area (Å²) in [6, 6.07) is 52.6. The molecule has 10 aromatic rings. The van der Waals surface area contributed by atoms with E-state index in [9.17, 15) is 62.6 Å². The van der Waals surface area contributed by atoms with Crippen molar-refractivity contribution in [3.8, 4) is 34.5 Å². The van der Waals surface area contributed by atoms with Gasteiger partial charge >= 0.3 is 17.9 Å². The van der Waals surface area contributed by atoms with Gasteiger partial charge in [-0.05, 0) is 188 Å². The number of carbonyl (C=O) groups excluding carboxylic acids is 11. The van der Waals surface area contributed by atoms with Crippen molar-refractivity contribution in [2.24, 2.45) is 31.6 Å². The molecule has 32 heteroatoms. The number of nitrogens with one attached hydrogen (secondary N) is 2. The number of Topliss-reactive ketones (excluding diaryl/α,β-unsaturated/α-hetero) is 3. The first-order valence-electron chi connectivity index (χ1n) is 46.6. The molecule has 0 saturated heterocycles. The minimum atomic E-state index is -1.09. The van der Waals surface area contributed by atoms with Gasteiger partial charge < -0.3 is 59.4 Å². The normalized spacial score (nSPS) is 16.7. The summed E-state index contributed by atoms with van der Waals surface area (Å²) in [6.45, 7) is 10.2. The second-order valence-corrected chi connectivity index (χ2v) is 35.8. The number of carbonyl (C=O) groups is 12. The van der Waals surface area contributed by atoms with Crippen LogP contribution in [0.15, 0.2) is 202 Å². The Kier molecular flexibility index (Phi) is 29.8. The number of ketones is 3. The predicted octanol–water partition coefficient (Wildman–Crippen LogP) is 15.5. The highest BCUT2D eigenvalue weighted by Crippen LogP contribution is 2.47. The lowest BCUT2D eigenvalue weighted by Gasteiger charge is -2.22. The number of amides is 6. The van der Waals surface area contributed by atoms with Gasteiger partial charge in [0.2, 0.25) is 11.8 Å². The minimum absolute atomic E-state index is 0.0124. The van der Waals surface area contributed by atoms with Crippen LogP contribution in [-0.2, 0) is 90.4 Å². The zero-order valence-corrected chi connectivity index (χ0v) is 79.6. The van der Waals surface area contributed by atoms with Gasteiger partial charge in [-0.1, -0.05) is 79.7 Å². The van der Waals surface area contributed by atoms with Gasteiger partial charge in [0.05, 0.1) is 121 Å². The number of aliphatic imine (C=N–C) groups is 4. The summed E-state index contributed by atoms with van der Waals surface area (Å²) in [4.78, 5) is 179. The minimum Gasteiger partial charge on any atom is -0.493 e. The second kappa shape index (κ2) is 42.9. The summed E-state index contributed by atoms with van der Waals surface area (Å²) in [7, 11) is 5.58. The maximum atomic E-state index is 14.1. The van der Waals surface area contributed by atoms with Crippen LogP contribution in [0.2, 0.25) is 0 Å². The van der Waals surface area contributed by atoms with Gasteiger partial charge in [-0.25, -0.2) is 4.79 Å². The quantitative estimate of drug-likeness (QED) is 0.0225. The number of para-hydroxylation sites is 4. The fourth-order valence-electron chi connectivity index (χ4n) is 18.4. The Morgan fingerprint density at radius 3 is 1.01 bits per heavy atom. The lowest BCUT2D eigenvalue weighted by Crippen LogP contribution is -2.45. The number of nitrogens with two attached hydrogens (primary N) is 1. The van der Waals surface area contributed by atoms with Crippen LogP contribution in [0.1, 0.15) is 190 Å². The molecule has 141 heavy (non-hydrogen) atoms. The third-order valence-corrected chi connectivity index (χ3v) is 25.9. The number of aromatic carboxylic acids is 1. The molecule has 8 aliphatic heterocycles. The molecule has 18 rings (SSSR count). The summed E-state index contributed by atoms with van der Waals surface area (Å²) in [5.41, 5.74) is 21.2. The van der Waals surface area contributed by atoms with E-state index < -0.39 is 41.9 Å². The molecule has 32 nitrogen and oxygen atoms in total. The average Bonchev–Trinajstić information content (AvgIpc) is 1.62. The number of carboxylic acid groups (broad SMARTS) is 1. The highest BCUT2D eigenvalue weighted by Gasteiger charge is 2.42. The molecule has 8 heterocycles. The lowest BCUT2D eigenvalue weighted by molar-refractivity contribution is -0.141. The van der Waals surface area contributed by atoms with Gasteiger partial charge in [-0.3, -0.25) is 92.3 Å². The number of anilines is 4. The van der Waals surface area contributed by atoms with Crippen molar-refractivity contribution in [1.82, 2.24) is 10.6 Å². The Bertz CT molecular complexity index is 6820. The van der Waals surface area contributed by atoms with E-state index in [1.807, 2.05) is 135 Å². The van der Waals surface area contributed by atoms with E-state index in [-0.39, 0.29) is 141 Å². The fourth-order valence-corrected chi connectivity index (χ4v) is 18.4. The Labute approximate surface area is 813 Å². The van der Waals surface area contributed by atoms with Crippen LogP contribution in [-0.4, -0.2) is 171 Å². The molecule has 0 unspecified atom stereocenters. The zero-order valence-electron chi connectivity index (χ0n) is 79.6. The number of rotatable bonds is 32. The highest BCUT2D eigenvalue weighted by molar-refractivity contribution is 6.18. The molecule has 8 aliphatic rings. The summed E-state index contributed by atoms with van der Waals surface area (Å²) >= 11 is 0. The van der Waals surface area contributed by atoms with E-state index in [0.29, 0.717) is 146 Å². The van der Waals surface area contributed by atoms with Crippen LogP contribution in [0.25, 0.3) is 0 Å². The first-order valence-corrected chi connectivity index (χ1v) is 46.6. The average molecular weight is 1910 g/mol. The molecule has 0 fully saturated rings. The number of nitrogens with zero attached hydrogens (tertiary/aromatic N) is 8. The molecule has 8 atom stereocenters. The molecule has 0 spiro atoms. The van der Waals surface area contributed by atoms with Crippen molar-refractivity contribution in [3.05, 3.63) is 271 Å². The Morgan fingerprint density at radius 1 is 0.390 bits per heavy atom. The van der Waals surface area contributed by atoms with E-state index in [4.69, 9.17) is 49.1 Å². The summed E-state index contributed by atoms with van der Waals surface area (Å²) in [5.74, 6) is -2.34. The standard InChI is InChI=1S/C55H53N5O10.C43H34N4O7.C11H20N2O4/c1-31-17-41-43(56-27-39-22-36-11-6-8-13-45(36)59(39)54(41)65)25-49(31)69-29-34-19-35(21-38(20-34)48(62)18-32(2)53(64)58-33(3)47(61)15-10-16-52(63)68-5)30-70-51-26-44-42(24-50(51)67-4)55(66)60-40(28-57-44)23-37-12-7-9-14-46(37)60;1-24-11-32-34(44-20-30-15-27-7-3-5-9-36(27)46(30)41(32)48)18-38(24)53-22-25-12-26(14-29(13-25)43(50)51)23-54-40-19-35-33(17-39(40)52-2)42(49)47-31(21-45-35)16-28-8-4-6-10-37(28)47;1-7(12)11(16)13-8(2)9(14)5-4-6-10(15)17-3/h6-9,11-14,17,19-21,24-28,32-33,39-40H,10,15-16,18,22-23,29-30H2,1-5H3,(H,58,64);3-14,17-21,30-31H,15-16,22-23H2,1-2H3,(H,50,51);7-8H,4-6,12H2,1-3H3,(H,13,16)/t32-,33+,39+,40+;30-,31-;7-,8-/m100/s1. The fraction of sp³-hybridized carbons (Fsp3) is 0.303. The number of aryl methyl sites for hydroxylation is 2. The van der Waals surface area contributed by atoms with E-state index in [1.54, 1.807) is 133 Å². The zero-order chi connectivity index (χ0) is 99.7. The number of fused-ring (bicyclic) bond motifs is 16. The summed E-state index contributed by atoms with van der Waals surface area (Å²) < 4.78 is 45.8. The summed E-state index contributed by atoms with van der Waals surface area (Å²) in [5, 5.41) is 15.2. The van der Waals surface area contributed by atoms with E-state index in [0.717, 1.165) is 56.1 Å². The van der Waals surface area contributed by atoms with Crippen molar-refractivity contribution in [2.75, 3.05) is 48.0 Å².